The quantitative estimate of drug-likeness (QED) is 0.771. The minimum absolute atomic E-state index is 0.179. The van der Waals surface area contributed by atoms with Crippen molar-refractivity contribution < 1.29 is 28.3 Å². The first-order chi connectivity index (χ1) is 11.5. The summed E-state index contributed by atoms with van der Waals surface area (Å²) in [6.45, 7) is 2.78. The van der Waals surface area contributed by atoms with Gasteiger partial charge in [0.05, 0.1) is 12.8 Å². The van der Waals surface area contributed by atoms with Crippen LogP contribution in [0.3, 0.4) is 0 Å². The van der Waals surface area contributed by atoms with Gasteiger partial charge in [-0.05, 0) is 36.7 Å². The first-order valence-electron chi connectivity index (χ1n) is 7.14. The highest BCUT2D eigenvalue weighted by molar-refractivity contribution is 5.94. The number of esters is 1. The van der Waals surface area contributed by atoms with Crippen molar-refractivity contribution in [2.45, 2.75) is 13.8 Å². The molecule has 0 unspecified atom stereocenters. The summed E-state index contributed by atoms with van der Waals surface area (Å²) in [6, 6.07) is 6.89. The molecule has 8 nitrogen and oxygen atoms in total. The van der Waals surface area contributed by atoms with Crippen LogP contribution in [0.25, 0.3) is 0 Å². The van der Waals surface area contributed by atoms with Gasteiger partial charge in [0, 0.05) is 6.07 Å². The van der Waals surface area contributed by atoms with Gasteiger partial charge in [0.2, 0.25) is 0 Å². The van der Waals surface area contributed by atoms with Crippen molar-refractivity contribution >= 4 is 17.6 Å². The highest BCUT2D eigenvalue weighted by atomic mass is 16.6. The topological polar surface area (TPSA) is 99.9 Å². The van der Waals surface area contributed by atoms with Gasteiger partial charge < -0.3 is 24.1 Å². The molecule has 0 saturated carbocycles. The molecule has 1 amide bonds. The largest absolute Gasteiger partial charge is 0.495 e. The summed E-state index contributed by atoms with van der Waals surface area (Å²) < 4.78 is 19.8. The third-order valence-corrected chi connectivity index (χ3v) is 2.94. The van der Waals surface area contributed by atoms with Gasteiger partial charge in [0.25, 0.3) is 11.8 Å². The average molecular weight is 334 g/mol. The van der Waals surface area contributed by atoms with Crippen molar-refractivity contribution in [1.29, 1.82) is 0 Å². The van der Waals surface area contributed by atoms with Gasteiger partial charge in [-0.2, -0.15) is 0 Å². The van der Waals surface area contributed by atoms with Gasteiger partial charge in [-0.15, -0.1) is 0 Å². The SMILES string of the molecule is COc1ccc(C)cc1NC(=O)COC(=O)COc1cc(C)on1. The number of carbonyl (C=O) groups is 2. The molecular formula is C16H18N2O6. The molecule has 0 radical (unpaired) electrons. The number of nitrogens with zero attached hydrogens (tertiary/aromatic N) is 1. The fraction of sp³-hybridized carbons (Fsp3) is 0.312. The fourth-order valence-corrected chi connectivity index (χ4v) is 1.84. The lowest BCUT2D eigenvalue weighted by Crippen LogP contribution is -2.24. The Morgan fingerprint density at radius 1 is 1.21 bits per heavy atom. The molecule has 0 aliphatic carbocycles. The molecule has 0 saturated heterocycles. The lowest BCUT2D eigenvalue weighted by atomic mass is 10.2. The molecule has 1 heterocycles. The molecule has 1 aromatic carbocycles. The number of benzene rings is 1. The summed E-state index contributed by atoms with van der Waals surface area (Å²) >= 11 is 0. The molecule has 24 heavy (non-hydrogen) atoms. The lowest BCUT2D eigenvalue weighted by molar-refractivity contribution is -0.149. The predicted molar refractivity (Wildman–Crippen MR) is 84.1 cm³/mol. The maximum atomic E-state index is 11.9. The van der Waals surface area contributed by atoms with Gasteiger partial charge in [-0.1, -0.05) is 6.07 Å². The second-order valence-corrected chi connectivity index (χ2v) is 4.98. The highest BCUT2D eigenvalue weighted by Gasteiger charge is 2.12. The van der Waals surface area contributed by atoms with E-state index in [1.165, 1.54) is 13.2 Å². The summed E-state index contributed by atoms with van der Waals surface area (Å²) in [7, 11) is 1.50. The van der Waals surface area contributed by atoms with Crippen LogP contribution in [0.2, 0.25) is 0 Å². The molecule has 8 heteroatoms. The minimum Gasteiger partial charge on any atom is -0.495 e. The molecule has 0 bridgehead atoms. The number of methoxy groups -OCH3 is 1. The van der Waals surface area contributed by atoms with Crippen molar-refractivity contribution in [2.24, 2.45) is 0 Å². The third kappa shape index (κ3) is 5.01. The molecule has 1 aromatic heterocycles. The first-order valence-corrected chi connectivity index (χ1v) is 7.14. The van der Waals surface area contributed by atoms with Crippen LogP contribution < -0.4 is 14.8 Å². The van der Waals surface area contributed by atoms with Crippen LogP contribution in [0.4, 0.5) is 5.69 Å². The molecule has 128 valence electrons. The summed E-state index contributed by atoms with van der Waals surface area (Å²) in [6.07, 6.45) is 0. The van der Waals surface area contributed by atoms with Crippen LogP contribution in [0, 0.1) is 13.8 Å². The summed E-state index contributed by atoms with van der Waals surface area (Å²) in [5.74, 6) is 0.0831. The van der Waals surface area contributed by atoms with Crippen LogP contribution in [0.15, 0.2) is 28.8 Å². The Labute approximate surface area is 138 Å². The third-order valence-electron chi connectivity index (χ3n) is 2.94. The van der Waals surface area contributed by atoms with Crippen molar-refractivity contribution in [2.75, 3.05) is 25.6 Å². The molecule has 0 atom stereocenters. The Bertz CT molecular complexity index is 725. The highest BCUT2D eigenvalue weighted by Crippen LogP contribution is 2.24. The second kappa shape index (κ2) is 8.00. The van der Waals surface area contributed by atoms with Gasteiger partial charge in [0.15, 0.2) is 13.2 Å². The zero-order valence-electron chi connectivity index (χ0n) is 13.6. The number of anilines is 1. The Kier molecular flexibility index (Phi) is 5.78. The fourth-order valence-electron chi connectivity index (χ4n) is 1.84. The Balaban J connectivity index is 1.78. The number of hydrogen-bond acceptors (Lipinski definition) is 7. The van der Waals surface area contributed by atoms with E-state index in [-0.39, 0.29) is 12.5 Å². The molecule has 0 spiro atoms. The first kappa shape index (κ1) is 17.3. The molecular weight excluding hydrogens is 316 g/mol. The molecule has 2 rings (SSSR count). The number of carbonyl (C=O) groups excluding carboxylic acids is 2. The zero-order chi connectivity index (χ0) is 17.5. The standard InChI is InChI=1S/C16H18N2O6/c1-10-4-5-13(21-3)12(6-10)17-14(19)8-23-16(20)9-22-15-7-11(2)24-18-15/h4-7H,8-9H2,1-3H3,(H,17,19). The van der Waals surface area contributed by atoms with E-state index in [0.29, 0.717) is 17.2 Å². The zero-order valence-corrected chi connectivity index (χ0v) is 13.6. The van der Waals surface area contributed by atoms with E-state index in [1.807, 2.05) is 13.0 Å². The van der Waals surface area contributed by atoms with Crippen molar-refractivity contribution in [3.05, 3.63) is 35.6 Å². The van der Waals surface area contributed by atoms with Gasteiger partial charge >= 0.3 is 5.97 Å². The number of nitrogens with one attached hydrogen (secondary N) is 1. The Morgan fingerprint density at radius 3 is 2.67 bits per heavy atom. The normalized spacial score (nSPS) is 10.1. The van der Waals surface area contributed by atoms with E-state index < -0.39 is 18.5 Å². The number of aryl methyl sites for hydroxylation is 2. The van der Waals surface area contributed by atoms with Crippen LogP contribution in [-0.4, -0.2) is 37.4 Å². The van der Waals surface area contributed by atoms with E-state index >= 15 is 0 Å². The predicted octanol–water partition coefficient (Wildman–Crippen LogP) is 1.86. The van der Waals surface area contributed by atoms with Crippen molar-refractivity contribution in [3.63, 3.8) is 0 Å². The number of amides is 1. The smallest absolute Gasteiger partial charge is 0.344 e. The molecule has 0 aliphatic heterocycles. The van der Waals surface area contributed by atoms with Crippen molar-refractivity contribution in [3.8, 4) is 11.6 Å². The molecule has 0 fully saturated rings. The van der Waals surface area contributed by atoms with E-state index in [4.69, 9.17) is 18.7 Å². The average Bonchev–Trinajstić information content (AvgIpc) is 2.97. The summed E-state index contributed by atoms with van der Waals surface area (Å²) in [4.78, 5) is 23.4. The van der Waals surface area contributed by atoms with Gasteiger partial charge in [-0.25, -0.2) is 4.79 Å². The lowest BCUT2D eigenvalue weighted by Gasteiger charge is -2.11. The number of ether oxygens (including phenoxy) is 3. The number of hydrogen-bond donors (Lipinski definition) is 1. The van der Waals surface area contributed by atoms with Crippen LogP contribution in [0.5, 0.6) is 11.6 Å². The Hall–Kier alpha value is -3.03. The van der Waals surface area contributed by atoms with Crippen LogP contribution in [-0.2, 0) is 14.3 Å². The maximum absolute atomic E-state index is 11.9. The summed E-state index contributed by atoms with van der Waals surface area (Å²) in [5, 5.41) is 6.19. The molecule has 0 aliphatic rings. The molecule has 1 N–H and O–H groups in total. The minimum atomic E-state index is -0.693. The number of rotatable bonds is 7. The van der Waals surface area contributed by atoms with Crippen molar-refractivity contribution in [1.82, 2.24) is 5.16 Å². The number of aromatic nitrogens is 1. The Morgan fingerprint density at radius 2 is 2.00 bits per heavy atom. The van der Waals surface area contributed by atoms with E-state index in [9.17, 15) is 9.59 Å². The summed E-state index contributed by atoms with van der Waals surface area (Å²) in [5.41, 5.74) is 1.47. The van der Waals surface area contributed by atoms with Gasteiger partial charge in [0.1, 0.15) is 11.5 Å². The van der Waals surface area contributed by atoms with Gasteiger partial charge in [-0.3, -0.25) is 4.79 Å². The molecule has 2 aromatic rings. The van der Waals surface area contributed by atoms with Crippen LogP contribution >= 0.6 is 0 Å². The monoisotopic (exact) mass is 334 g/mol. The van der Waals surface area contributed by atoms with Crippen LogP contribution in [0.1, 0.15) is 11.3 Å². The maximum Gasteiger partial charge on any atom is 0.344 e. The second-order valence-electron chi connectivity index (χ2n) is 4.98. The van der Waals surface area contributed by atoms with E-state index in [0.717, 1.165) is 5.56 Å². The van der Waals surface area contributed by atoms with E-state index in [2.05, 4.69) is 10.5 Å². The van der Waals surface area contributed by atoms with E-state index in [1.54, 1.807) is 19.1 Å².